The first-order chi connectivity index (χ1) is 11.1. The van der Waals surface area contributed by atoms with Crippen molar-refractivity contribution in [1.82, 2.24) is 5.32 Å². The van der Waals surface area contributed by atoms with Gasteiger partial charge < -0.3 is 20.3 Å². The van der Waals surface area contributed by atoms with E-state index >= 15 is 0 Å². The minimum atomic E-state index is 0.607. The largest absolute Gasteiger partial charge is 0.497 e. The Bertz CT molecular complexity index is 643. The highest BCUT2D eigenvalue weighted by Crippen LogP contribution is 2.16. The second kappa shape index (κ2) is 8.39. The number of likely N-dealkylation sites (N-methyl/N-ethyl adjacent to an activating group) is 1. The first kappa shape index (κ1) is 17.1. The summed E-state index contributed by atoms with van der Waals surface area (Å²) >= 11 is 5.32. The summed E-state index contributed by atoms with van der Waals surface area (Å²) in [5, 5.41) is 6.98. The maximum Gasteiger partial charge on any atom is 0.170 e. The number of methoxy groups -OCH3 is 1. The lowest BCUT2D eigenvalue weighted by Crippen LogP contribution is -2.35. The average molecular weight is 329 g/mol. The van der Waals surface area contributed by atoms with Gasteiger partial charge >= 0.3 is 0 Å². The molecule has 0 spiro atoms. The van der Waals surface area contributed by atoms with Gasteiger partial charge in [-0.25, -0.2) is 0 Å². The van der Waals surface area contributed by atoms with E-state index in [1.165, 1.54) is 11.3 Å². The van der Waals surface area contributed by atoms with E-state index in [0.29, 0.717) is 5.11 Å². The summed E-state index contributed by atoms with van der Waals surface area (Å²) in [6.45, 7) is 3.72. The van der Waals surface area contributed by atoms with Gasteiger partial charge in [0.05, 0.1) is 7.11 Å². The number of thiocarbonyl (C=S) groups is 1. The second-order valence-electron chi connectivity index (χ2n) is 5.37. The van der Waals surface area contributed by atoms with Crippen molar-refractivity contribution >= 4 is 28.7 Å². The number of aryl methyl sites for hydroxylation is 1. The van der Waals surface area contributed by atoms with Crippen molar-refractivity contribution in [1.29, 1.82) is 0 Å². The van der Waals surface area contributed by atoms with Gasteiger partial charge in [-0.15, -0.1) is 0 Å². The molecule has 0 atom stereocenters. The van der Waals surface area contributed by atoms with E-state index in [0.717, 1.165) is 24.5 Å². The summed E-state index contributed by atoms with van der Waals surface area (Å²) in [6, 6.07) is 16.2. The van der Waals surface area contributed by atoms with E-state index in [1.807, 2.05) is 24.3 Å². The minimum absolute atomic E-state index is 0.607. The Balaban J connectivity index is 1.76. The monoisotopic (exact) mass is 329 g/mol. The molecule has 0 radical (unpaired) electrons. The molecule has 0 aliphatic heterocycles. The minimum Gasteiger partial charge on any atom is -0.497 e. The van der Waals surface area contributed by atoms with Crippen LogP contribution in [-0.2, 0) is 0 Å². The molecule has 122 valence electrons. The van der Waals surface area contributed by atoms with Gasteiger partial charge in [0, 0.05) is 37.6 Å². The van der Waals surface area contributed by atoms with Crippen LogP contribution >= 0.6 is 12.2 Å². The number of anilines is 2. The molecule has 0 bridgehead atoms. The fourth-order valence-electron chi connectivity index (χ4n) is 2.14. The molecule has 2 rings (SSSR count). The molecular formula is C18H23N3OS. The molecule has 2 N–H and O–H groups in total. The van der Waals surface area contributed by atoms with Crippen LogP contribution in [0.2, 0.25) is 0 Å². The van der Waals surface area contributed by atoms with Crippen LogP contribution in [0.25, 0.3) is 0 Å². The molecule has 0 aliphatic carbocycles. The predicted octanol–water partition coefficient (Wildman–Crippen LogP) is 3.43. The molecule has 0 amide bonds. The highest BCUT2D eigenvalue weighted by Gasteiger charge is 2.02. The number of nitrogens with one attached hydrogen (secondary N) is 2. The number of benzene rings is 2. The molecule has 0 unspecified atom stereocenters. The first-order valence-electron chi connectivity index (χ1n) is 7.55. The summed E-state index contributed by atoms with van der Waals surface area (Å²) in [6.07, 6.45) is 0. The van der Waals surface area contributed by atoms with Crippen molar-refractivity contribution in [3.05, 3.63) is 54.1 Å². The van der Waals surface area contributed by atoms with Crippen molar-refractivity contribution in [2.45, 2.75) is 6.92 Å². The first-order valence-corrected chi connectivity index (χ1v) is 7.96. The highest BCUT2D eigenvalue weighted by molar-refractivity contribution is 7.80. The highest BCUT2D eigenvalue weighted by atomic mass is 32.1. The summed E-state index contributed by atoms with van der Waals surface area (Å²) in [7, 11) is 3.72. The van der Waals surface area contributed by atoms with Crippen LogP contribution in [-0.4, -0.2) is 32.4 Å². The van der Waals surface area contributed by atoms with E-state index in [1.54, 1.807) is 7.11 Å². The van der Waals surface area contributed by atoms with Crippen molar-refractivity contribution < 1.29 is 4.74 Å². The number of ether oxygens (including phenoxy) is 1. The summed E-state index contributed by atoms with van der Waals surface area (Å²) in [5.74, 6) is 0.803. The Hall–Kier alpha value is -2.27. The van der Waals surface area contributed by atoms with Crippen LogP contribution in [0.4, 0.5) is 11.4 Å². The summed E-state index contributed by atoms with van der Waals surface area (Å²) < 4.78 is 5.20. The van der Waals surface area contributed by atoms with Crippen molar-refractivity contribution in [2.24, 2.45) is 0 Å². The lowest BCUT2D eigenvalue weighted by molar-refractivity contribution is 0.415. The Morgan fingerprint density at radius 2 is 1.91 bits per heavy atom. The molecule has 2 aromatic rings. The third-order valence-corrected chi connectivity index (χ3v) is 3.78. The van der Waals surface area contributed by atoms with Crippen LogP contribution in [0.1, 0.15) is 5.56 Å². The van der Waals surface area contributed by atoms with Crippen LogP contribution < -0.4 is 20.3 Å². The van der Waals surface area contributed by atoms with Crippen LogP contribution in [0.15, 0.2) is 48.5 Å². The fourth-order valence-corrected chi connectivity index (χ4v) is 2.36. The smallest absolute Gasteiger partial charge is 0.170 e. The zero-order valence-electron chi connectivity index (χ0n) is 13.8. The molecule has 0 aliphatic rings. The van der Waals surface area contributed by atoms with Crippen molar-refractivity contribution in [3.8, 4) is 5.75 Å². The van der Waals surface area contributed by atoms with Gasteiger partial charge in [-0.2, -0.15) is 0 Å². The zero-order valence-corrected chi connectivity index (χ0v) is 14.6. The molecule has 2 aromatic carbocycles. The second-order valence-corrected chi connectivity index (χ2v) is 5.78. The van der Waals surface area contributed by atoms with E-state index in [2.05, 4.69) is 53.8 Å². The topological polar surface area (TPSA) is 36.5 Å². The Morgan fingerprint density at radius 3 is 2.61 bits per heavy atom. The normalized spacial score (nSPS) is 10.0. The molecule has 0 saturated heterocycles. The molecule has 0 fully saturated rings. The number of hydrogen-bond donors (Lipinski definition) is 2. The van der Waals surface area contributed by atoms with Gasteiger partial charge in [0.1, 0.15) is 5.75 Å². The van der Waals surface area contributed by atoms with E-state index < -0.39 is 0 Å². The maximum atomic E-state index is 5.32. The quantitative estimate of drug-likeness (QED) is 0.794. The molecule has 0 aromatic heterocycles. The molecule has 4 nitrogen and oxygen atoms in total. The summed E-state index contributed by atoms with van der Waals surface area (Å²) in [4.78, 5) is 2.20. The number of rotatable bonds is 6. The van der Waals surface area contributed by atoms with Crippen LogP contribution in [0.3, 0.4) is 0 Å². The predicted molar refractivity (Wildman–Crippen MR) is 102 cm³/mol. The maximum absolute atomic E-state index is 5.32. The SMILES string of the molecule is COc1cccc(NC(=S)NCCN(C)c2ccc(C)cc2)c1. The van der Waals surface area contributed by atoms with E-state index in [9.17, 15) is 0 Å². The Kier molecular flexibility index (Phi) is 6.23. The third-order valence-electron chi connectivity index (χ3n) is 3.54. The average Bonchev–Trinajstić information content (AvgIpc) is 2.55. The van der Waals surface area contributed by atoms with Gasteiger partial charge in [-0.1, -0.05) is 23.8 Å². The van der Waals surface area contributed by atoms with E-state index in [4.69, 9.17) is 17.0 Å². The van der Waals surface area contributed by atoms with Crippen molar-refractivity contribution in [3.63, 3.8) is 0 Å². The molecule has 0 saturated carbocycles. The Labute approximate surface area is 143 Å². The molecule has 0 heterocycles. The van der Waals surface area contributed by atoms with Gasteiger partial charge in [0.15, 0.2) is 5.11 Å². The van der Waals surface area contributed by atoms with E-state index in [-0.39, 0.29) is 0 Å². The van der Waals surface area contributed by atoms with Crippen LogP contribution in [0, 0.1) is 6.92 Å². The summed E-state index contributed by atoms with van der Waals surface area (Å²) in [5.41, 5.74) is 3.38. The van der Waals surface area contributed by atoms with Gasteiger partial charge in [0.2, 0.25) is 0 Å². The lowest BCUT2D eigenvalue weighted by Gasteiger charge is -2.20. The fraction of sp³-hybridized carbons (Fsp3) is 0.278. The van der Waals surface area contributed by atoms with Crippen LogP contribution in [0.5, 0.6) is 5.75 Å². The van der Waals surface area contributed by atoms with Gasteiger partial charge in [-0.3, -0.25) is 0 Å². The van der Waals surface area contributed by atoms with Gasteiger partial charge in [0.25, 0.3) is 0 Å². The standard InChI is InChI=1S/C18H23N3OS/c1-14-7-9-16(10-8-14)21(2)12-11-19-18(23)20-15-5-4-6-17(13-15)22-3/h4-10,13H,11-12H2,1-3H3,(H2,19,20,23). The Morgan fingerprint density at radius 1 is 1.17 bits per heavy atom. The molecular weight excluding hydrogens is 306 g/mol. The number of nitrogens with zero attached hydrogens (tertiary/aromatic N) is 1. The van der Waals surface area contributed by atoms with Gasteiger partial charge in [-0.05, 0) is 43.4 Å². The molecule has 5 heteroatoms. The third kappa shape index (κ3) is 5.45. The van der Waals surface area contributed by atoms with Crippen molar-refractivity contribution in [2.75, 3.05) is 37.5 Å². The lowest BCUT2D eigenvalue weighted by atomic mass is 10.2. The number of hydrogen-bond acceptors (Lipinski definition) is 3. The molecule has 23 heavy (non-hydrogen) atoms. The zero-order chi connectivity index (χ0) is 16.7.